The number of carbonyl (C=O) groups is 1. The van der Waals surface area contributed by atoms with Crippen LogP contribution in [0.25, 0.3) is 0 Å². The maximum Gasteiger partial charge on any atom is 0.326 e. The number of anilines is 1. The first-order chi connectivity index (χ1) is 17.1. The number of halogens is 1. The van der Waals surface area contributed by atoms with E-state index in [1.54, 1.807) is 6.92 Å². The van der Waals surface area contributed by atoms with Gasteiger partial charge in [0.25, 0.3) is 5.91 Å². The van der Waals surface area contributed by atoms with Crippen molar-refractivity contribution in [1.29, 1.82) is 0 Å². The molecule has 0 bridgehead atoms. The van der Waals surface area contributed by atoms with Crippen LogP contribution in [0.5, 0.6) is 5.75 Å². The monoisotopic (exact) mass is 533 g/mol. The number of piperidine rings is 1. The van der Waals surface area contributed by atoms with E-state index in [9.17, 15) is 21.6 Å². The molecule has 2 atom stereocenters. The fourth-order valence-corrected chi connectivity index (χ4v) is 6.97. The highest BCUT2D eigenvalue weighted by molar-refractivity contribution is 7.92. The van der Waals surface area contributed by atoms with Crippen LogP contribution in [0, 0.1) is 35.4 Å². The average Bonchev–Trinajstić information content (AvgIpc) is 3.14. The van der Waals surface area contributed by atoms with Gasteiger partial charge in [0.05, 0.1) is 11.3 Å². The van der Waals surface area contributed by atoms with Crippen LogP contribution in [0.15, 0.2) is 42.5 Å². The first kappa shape index (κ1) is 24.5. The molecule has 2 heterocycles. The molecular formula is C24H24FN3O6S2. The number of amides is 1. The highest BCUT2D eigenvalue weighted by atomic mass is 32.2. The van der Waals surface area contributed by atoms with E-state index in [-0.39, 0.29) is 47.1 Å². The van der Waals surface area contributed by atoms with E-state index in [0.29, 0.717) is 17.4 Å². The molecule has 1 amide bonds. The number of sulfonamides is 1. The summed E-state index contributed by atoms with van der Waals surface area (Å²) in [7, 11) is -7.53. The summed E-state index contributed by atoms with van der Waals surface area (Å²) in [5, 5.41) is 0. The van der Waals surface area contributed by atoms with Crippen molar-refractivity contribution >= 4 is 31.8 Å². The number of carbonyl (C=O) groups excluding carboxylic acids is 1. The highest BCUT2D eigenvalue weighted by Crippen LogP contribution is 2.52. The number of nitrogens with zero attached hydrogens (tertiary/aromatic N) is 2. The van der Waals surface area contributed by atoms with Gasteiger partial charge in [0.15, 0.2) is 5.82 Å². The number of hydrogen-bond acceptors (Lipinski definition) is 6. The molecule has 5 rings (SSSR count). The summed E-state index contributed by atoms with van der Waals surface area (Å²) in [6, 6.07) is 11.9. The molecule has 2 aromatic carbocycles. The third-order valence-corrected chi connectivity index (χ3v) is 9.87. The maximum atomic E-state index is 15.7. The van der Waals surface area contributed by atoms with Gasteiger partial charge in [0, 0.05) is 19.0 Å². The molecular weight excluding hydrogens is 509 g/mol. The summed E-state index contributed by atoms with van der Waals surface area (Å²) in [5.41, 5.74) is 0.382. The van der Waals surface area contributed by atoms with Gasteiger partial charge in [-0.3, -0.25) is 4.79 Å². The van der Waals surface area contributed by atoms with Crippen LogP contribution in [-0.4, -0.2) is 52.4 Å². The Morgan fingerprint density at radius 2 is 1.83 bits per heavy atom. The SMILES string of the molecule is CCS(=O)(=O)N1CC2C(C#Cc3ccc(OCc4ccccc4)c(N4CC(=O)NS4(=O)=O)c3F)C2C1. The van der Waals surface area contributed by atoms with E-state index in [1.807, 2.05) is 35.1 Å². The second-order valence-electron chi connectivity index (χ2n) is 8.93. The number of fused-ring (bicyclic) bond motifs is 1. The van der Waals surface area contributed by atoms with E-state index >= 15 is 4.39 Å². The minimum Gasteiger partial charge on any atom is -0.487 e. The Kier molecular flexibility index (Phi) is 6.18. The Balaban J connectivity index is 1.41. The molecule has 2 saturated heterocycles. The Morgan fingerprint density at radius 3 is 2.44 bits per heavy atom. The molecule has 3 fully saturated rings. The van der Waals surface area contributed by atoms with Gasteiger partial charge in [-0.1, -0.05) is 42.2 Å². The standard InChI is InChI=1S/C24H24FN3O6S2/c1-2-35(30,31)27-12-19-18(20(19)13-27)10-8-17-9-11-21(34-15-16-6-4-3-5-7-16)24(23(17)25)28-14-22(29)26-36(28,32)33/h3-7,9,11,18-20H,2,12-15H2,1H3,(H,26,29). The van der Waals surface area contributed by atoms with Crippen LogP contribution >= 0.6 is 0 Å². The molecule has 0 radical (unpaired) electrons. The lowest BCUT2D eigenvalue weighted by Crippen LogP contribution is -2.32. The molecule has 2 aliphatic heterocycles. The summed E-state index contributed by atoms with van der Waals surface area (Å²) in [5.74, 6) is 4.31. The fraction of sp³-hybridized carbons (Fsp3) is 0.375. The molecule has 190 valence electrons. The van der Waals surface area contributed by atoms with Crippen molar-refractivity contribution in [1.82, 2.24) is 9.03 Å². The van der Waals surface area contributed by atoms with Gasteiger partial charge in [-0.05, 0) is 36.5 Å². The molecule has 0 spiro atoms. The van der Waals surface area contributed by atoms with Gasteiger partial charge in [-0.15, -0.1) is 0 Å². The quantitative estimate of drug-likeness (QED) is 0.563. The van der Waals surface area contributed by atoms with Crippen molar-refractivity contribution in [3.63, 3.8) is 0 Å². The topological polar surface area (TPSA) is 113 Å². The largest absolute Gasteiger partial charge is 0.487 e. The van der Waals surface area contributed by atoms with Gasteiger partial charge < -0.3 is 4.74 Å². The molecule has 3 aliphatic rings. The number of rotatable bonds is 6. The van der Waals surface area contributed by atoms with Crippen molar-refractivity contribution in [2.45, 2.75) is 13.5 Å². The van der Waals surface area contributed by atoms with Crippen LogP contribution in [0.2, 0.25) is 0 Å². The van der Waals surface area contributed by atoms with Crippen LogP contribution in [0.4, 0.5) is 10.1 Å². The molecule has 2 unspecified atom stereocenters. The molecule has 36 heavy (non-hydrogen) atoms. The van der Waals surface area contributed by atoms with E-state index in [0.717, 1.165) is 5.56 Å². The van der Waals surface area contributed by atoms with Crippen molar-refractivity contribution in [2.24, 2.45) is 17.8 Å². The number of hydrogen-bond donors (Lipinski definition) is 1. The normalized spacial score (nSPS) is 24.6. The Labute approximate surface area is 209 Å². The van der Waals surface area contributed by atoms with Gasteiger partial charge in [-0.2, -0.15) is 8.42 Å². The molecule has 12 heteroatoms. The lowest BCUT2D eigenvalue weighted by atomic mass is 10.1. The van der Waals surface area contributed by atoms with E-state index in [1.165, 1.54) is 16.4 Å². The van der Waals surface area contributed by atoms with Crippen LogP contribution in [-0.2, 0) is 31.6 Å². The van der Waals surface area contributed by atoms with Gasteiger partial charge in [0.1, 0.15) is 24.6 Å². The van der Waals surface area contributed by atoms with Gasteiger partial charge in [-0.25, -0.2) is 26.1 Å². The predicted octanol–water partition coefficient (Wildman–Crippen LogP) is 1.46. The lowest BCUT2D eigenvalue weighted by molar-refractivity contribution is -0.117. The number of nitrogens with one attached hydrogen (secondary N) is 1. The molecule has 1 saturated carbocycles. The molecule has 2 aromatic rings. The molecule has 0 aromatic heterocycles. The second-order valence-corrected chi connectivity index (χ2v) is 12.8. The third kappa shape index (κ3) is 4.54. The highest BCUT2D eigenvalue weighted by Gasteiger charge is 2.57. The summed E-state index contributed by atoms with van der Waals surface area (Å²) in [6.45, 7) is 1.90. The fourth-order valence-electron chi connectivity index (χ4n) is 4.65. The van der Waals surface area contributed by atoms with Crippen LogP contribution in [0.3, 0.4) is 0 Å². The van der Waals surface area contributed by atoms with Crippen LogP contribution in [0.1, 0.15) is 18.1 Å². The maximum absolute atomic E-state index is 15.7. The van der Waals surface area contributed by atoms with Crippen molar-refractivity contribution in [3.05, 3.63) is 59.4 Å². The average molecular weight is 534 g/mol. The van der Waals surface area contributed by atoms with Crippen molar-refractivity contribution < 1.29 is 30.8 Å². The summed E-state index contributed by atoms with van der Waals surface area (Å²) in [4.78, 5) is 11.8. The lowest BCUT2D eigenvalue weighted by Gasteiger charge is -2.20. The van der Waals surface area contributed by atoms with Gasteiger partial charge >= 0.3 is 10.2 Å². The smallest absolute Gasteiger partial charge is 0.326 e. The zero-order chi connectivity index (χ0) is 25.7. The van der Waals surface area contributed by atoms with Crippen molar-refractivity contribution in [2.75, 3.05) is 29.7 Å². The van der Waals surface area contributed by atoms with E-state index < -0.39 is 38.5 Å². The Bertz CT molecular complexity index is 1470. The molecule has 1 N–H and O–H groups in total. The summed E-state index contributed by atoms with van der Waals surface area (Å²) < 4.78 is 74.5. The minimum absolute atomic E-state index is 0.0328. The van der Waals surface area contributed by atoms with Gasteiger partial charge in [0.2, 0.25) is 10.0 Å². The zero-order valence-electron chi connectivity index (χ0n) is 19.3. The number of benzene rings is 2. The first-order valence-electron chi connectivity index (χ1n) is 11.4. The minimum atomic E-state index is -4.28. The summed E-state index contributed by atoms with van der Waals surface area (Å²) >= 11 is 0. The first-order valence-corrected chi connectivity index (χ1v) is 14.5. The predicted molar refractivity (Wildman–Crippen MR) is 130 cm³/mol. The Morgan fingerprint density at radius 1 is 1.14 bits per heavy atom. The Hall–Kier alpha value is -3.14. The third-order valence-electron chi connectivity index (χ3n) is 6.68. The summed E-state index contributed by atoms with van der Waals surface area (Å²) in [6.07, 6.45) is 0. The molecule has 9 nitrogen and oxygen atoms in total. The van der Waals surface area contributed by atoms with E-state index in [4.69, 9.17) is 4.74 Å². The van der Waals surface area contributed by atoms with Crippen LogP contribution < -0.4 is 13.8 Å². The number of ether oxygens (including phenoxy) is 1. The van der Waals surface area contributed by atoms with E-state index in [2.05, 4.69) is 11.8 Å². The molecule has 1 aliphatic carbocycles. The second kappa shape index (κ2) is 9.06. The van der Waals surface area contributed by atoms with Crippen molar-refractivity contribution in [3.8, 4) is 17.6 Å². The zero-order valence-corrected chi connectivity index (χ0v) is 21.0.